The number of furan rings is 1. The lowest BCUT2D eigenvalue weighted by Gasteiger charge is -2.19. The molecule has 13 heteroatoms. The Balaban J connectivity index is 2.49. The van der Waals surface area contributed by atoms with Crippen molar-refractivity contribution in [3.63, 3.8) is 0 Å². The van der Waals surface area contributed by atoms with Crippen molar-refractivity contribution in [1.29, 1.82) is 0 Å². The van der Waals surface area contributed by atoms with Gasteiger partial charge in [0.2, 0.25) is 17.1 Å². The standard InChI is InChI=1S/C20H29N5O7S/c1-5-17(27)20(2,23-29)19(28)16(26)11-24(4)10-14-6-7-15(32-14)13-33-9-8-22-18(21-3)12-25(30)31/h6-7,12,21-22H,5,8-11,13H2,1-4H3. The van der Waals surface area contributed by atoms with Crippen LogP contribution in [0.5, 0.6) is 0 Å². The smallest absolute Gasteiger partial charge is 0.274 e. The number of nitrogens with zero attached hydrogens (tertiary/aromatic N) is 3. The summed E-state index contributed by atoms with van der Waals surface area (Å²) in [6.07, 6.45) is 0.780. The van der Waals surface area contributed by atoms with Gasteiger partial charge in [-0.3, -0.25) is 29.4 Å². The summed E-state index contributed by atoms with van der Waals surface area (Å²) in [6, 6.07) is 3.56. The van der Waals surface area contributed by atoms with Crippen molar-refractivity contribution in [2.45, 2.75) is 38.1 Å². The molecule has 0 saturated carbocycles. The van der Waals surface area contributed by atoms with Crippen LogP contribution in [0.15, 0.2) is 33.7 Å². The number of nitroso groups, excluding NO2 is 1. The van der Waals surface area contributed by atoms with Crippen molar-refractivity contribution >= 4 is 29.1 Å². The molecule has 1 aromatic rings. The molecular formula is C20H29N5O7S. The van der Waals surface area contributed by atoms with E-state index in [0.717, 1.165) is 13.1 Å². The Morgan fingerprint density at radius 2 is 2.00 bits per heavy atom. The molecule has 0 aromatic carbocycles. The summed E-state index contributed by atoms with van der Waals surface area (Å²) in [6.45, 7) is 3.03. The van der Waals surface area contributed by atoms with Gasteiger partial charge in [0, 0.05) is 25.8 Å². The molecule has 0 radical (unpaired) electrons. The van der Waals surface area contributed by atoms with Gasteiger partial charge >= 0.3 is 0 Å². The highest BCUT2D eigenvalue weighted by molar-refractivity contribution is 7.98. The van der Waals surface area contributed by atoms with Gasteiger partial charge in [-0.1, -0.05) is 6.92 Å². The third-order valence-electron chi connectivity index (χ3n) is 4.61. The molecule has 0 aliphatic rings. The molecule has 2 N–H and O–H groups in total. The third kappa shape index (κ3) is 8.77. The number of ketones is 3. The van der Waals surface area contributed by atoms with Crippen molar-refractivity contribution in [1.82, 2.24) is 15.5 Å². The predicted molar refractivity (Wildman–Crippen MR) is 123 cm³/mol. The van der Waals surface area contributed by atoms with Crippen LogP contribution in [0, 0.1) is 15.0 Å². The molecule has 0 fully saturated rings. The predicted octanol–water partition coefficient (Wildman–Crippen LogP) is 1.47. The Bertz CT molecular complexity index is 901. The van der Waals surface area contributed by atoms with Crippen LogP contribution in [0.25, 0.3) is 0 Å². The first-order valence-electron chi connectivity index (χ1n) is 10.1. The monoisotopic (exact) mass is 483 g/mol. The molecule has 1 atom stereocenters. The average Bonchev–Trinajstić information content (AvgIpc) is 3.22. The lowest BCUT2D eigenvalue weighted by molar-refractivity contribution is -0.404. The molecule has 0 saturated heterocycles. The maximum Gasteiger partial charge on any atom is 0.274 e. The second kappa shape index (κ2) is 13.5. The van der Waals surface area contributed by atoms with Gasteiger partial charge in [-0.15, -0.1) is 4.91 Å². The van der Waals surface area contributed by atoms with Crippen LogP contribution >= 0.6 is 11.8 Å². The second-order valence-corrected chi connectivity index (χ2v) is 8.40. The second-order valence-electron chi connectivity index (χ2n) is 7.29. The molecule has 1 heterocycles. The summed E-state index contributed by atoms with van der Waals surface area (Å²) < 4.78 is 5.73. The van der Waals surface area contributed by atoms with E-state index in [1.54, 1.807) is 42.9 Å². The summed E-state index contributed by atoms with van der Waals surface area (Å²) in [5.74, 6) is 0.199. The molecular weight excluding hydrogens is 454 g/mol. The maximum absolute atomic E-state index is 12.3. The number of carbonyl (C=O) groups excluding carboxylic acids is 3. The van der Waals surface area contributed by atoms with Gasteiger partial charge in [0.05, 0.1) is 23.8 Å². The van der Waals surface area contributed by atoms with E-state index in [2.05, 4.69) is 15.8 Å². The summed E-state index contributed by atoms with van der Waals surface area (Å²) in [5.41, 5.74) is -2.19. The fourth-order valence-electron chi connectivity index (χ4n) is 2.79. The van der Waals surface area contributed by atoms with Crippen LogP contribution in [0.2, 0.25) is 0 Å². The van der Waals surface area contributed by atoms with Crippen molar-refractivity contribution in [2.75, 3.05) is 32.9 Å². The van der Waals surface area contributed by atoms with Crippen molar-refractivity contribution < 1.29 is 23.7 Å². The summed E-state index contributed by atoms with van der Waals surface area (Å²) in [4.78, 5) is 59.0. The molecule has 1 unspecified atom stereocenters. The minimum atomic E-state index is -2.19. The van der Waals surface area contributed by atoms with E-state index in [0.29, 0.717) is 35.4 Å². The van der Waals surface area contributed by atoms with Gasteiger partial charge in [0.1, 0.15) is 11.5 Å². The summed E-state index contributed by atoms with van der Waals surface area (Å²) >= 11 is 1.57. The zero-order valence-electron chi connectivity index (χ0n) is 19.1. The summed E-state index contributed by atoms with van der Waals surface area (Å²) in [5, 5.41) is 18.7. The van der Waals surface area contributed by atoms with Crippen molar-refractivity contribution in [3.05, 3.63) is 50.7 Å². The zero-order chi connectivity index (χ0) is 25.0. The Morgan fingerprint density at radius 1 is 1.33 bits per heavy atom. The van der Waals surface area contributed by atoms with Crippen LogP contribution < -0.4 is 10.6 Å². The highest BCUT2D eigenvalue weighted by atomic mass is 32.2. The number of thioether (sulfide) groups is 1. The van der Waals surface area contributed by atoms with E-state index >= 15 is 0 Å². The Morgan fingerprint density at radius 3 is 2.58 bits per heavy atom. The van der Waals surface area contributed by atoms with Gasteiger partial charge in [-0.25, -0.2) is 0 Å². The summed E-state index contributed by atoms with van der Waals surface area (Å²) in [7, 11) is 3.20. The highest BCUT2D eigenvalue weighted by Gasteiger charge is 2.45. The molecule has 12 nitrogen and oxygen atoms in total. The van der Waals surface area contributed by atoms with E-state index in [4.69, 9.17) is 4.42 Å². The Kier molecular flexibility index (Phi) is 11.4. The van der Waals surface area contributed by atoms with E-state index in [1.807, 2.05) is 0 Å². The van der Waals surface area contributed by atoms with Crippen LogP contribution in [0.3, 0.4) is 0 Å². The van der Waals surface area contributed by atoms with E-state index in [1.165, 1.54) is 6.92 Å². The molecule has 0 spiro atoms. The average molecular weight is 484 g/mol. The number of likely N-dealkylation sites (N-methyl/N-ethyl adjacent to an activating group) is 1. The molecule has 0 aliphatic heterocycles. The van der Waals surface area contributed by atoms with Gasteiger partial charge in [0.15, 0.2) is 11.6 Å². The molecule has 0 bridgehead atoms. The largest absolute Gasteiger partial charge is 0.464 e. The molecule has 182 valence electrons. The van der Waals surface area contributed by atoms with Crippen LogP contribution in [0.4, 0.5) is 0 Å². The SMILES string of the molecule is CCC(=O)C(C)(N=O)C(=O)C(=O)CN(C)Cc1ccc(CSCCNC(=C[N+](=O)[O-])NC)o1. The minimum Gasteiger partial charge on any atom is -0.464 e. The first kappa shape index (κ1) is 28.0. The lowest BCUT2D eigenvalue weighted by Crippen LogP contribution is -2.47. The topological polar surface area (TPSA) is 164 Å². The quantitative estimate of drug-likeness (QED) is 0.0823. The van der Waals surface area contributed by atoms with Gasteiger partial charge < -0.3 is 15.1 Å². The third-order valence-corrected chi connectivity index (χ3v) is 5.59. The van der Waals surface area contributed by atoms with E-state index < -0.39 is 27.8 Å². The van der Waals surface area contributed by atoms with E-state index in [9.17, 15) is 29.4 Å². The normalized spacial score (nSPS) is 13.3. The lowest BCUT2D eigenvalue weighted by atomic mass is 9.88. The fraction of sp³-hybridized carbons (Fsp3) is 0.550. The van der Waals surface area contributed by atoms with Gasteiger partial charge in [-0.05, 0) is 31.3 Å². The van der Waals surface area contributed by atoms with Crippen LogP contribution in [0.1, 0.15) is 31.8 Å². The van der Waals surface area contributed by atoms with Crippen molar-refractivity contribution in [2.24, 2.45) is 5.18 Å². The number of hydrogen-bond acceptors (Lipinski definition) is 12. The van der Waals surface area contributed by atoms with E-state index in [-0.39, 0.29) is 19.5 Å². The first-order valence-corrected chi connectivity index (χ1v) is 11.3. The highest BCUT2D eigenvalue weighted by Crippen LogP contribution is 2.18. The van der Waals surface area contributed by atoms with Gasteiger partial charge in [-0.2, -0.15) is 11.8 Å². The molecule has 0 amide bonds. The zero-order valence-corrected chi connectivity index (χ0v) is 19.9. The number of carbonyl (C=O) groups is 3. The molecule has 0 aliphatic carbocycles. The molecule has 1 aromatic heterocycles. The number of rotatable bonds is 17. The van der Waals surface area contributed by atoms with Gasteiger partial charge in [0.25, 0.3) is 6.20 Å². The minimum absolute atomic E-state index is 0.0768. The first-order chi connectivity index (χ1) is 15.6. The number of Topliss-reactive ketones (excluding diaryl/α,β-unsaturated/α-hetero) is 3. The van der Waals surface area contributed by atoms with Crippen LogP contribution in [-0.4, -0.2) is 65.6 Å². The Hall–Kier alpha value is -3.06. The van der Waals surface area contributed by atoms with Crippen molar-refractivity contribution in [3.8, 4) is 0 Å². The molecule has 33 heavy (non-hydrogen) atoms. The number of hydrogen-bond donors (Lipinski definition) is 2. The van der Waals surface area contributed by atoms with Crippen LogP contribution in [-0.2, 0) is 26.7 Å². The number of nitro groups is 1. The fourth-order valence-corrected chi connectivity index (χ4v) is 3.54. The Labute approximate surface area is 195 Å². The maximum atomic E-state index is 12.3. The number of nitrogens with one attached hydrogen (secondary N) is 2. The molecule has 1 rings (SSSR count).